The summed E-state index contributed by atoms with van der Waals surface area (Å²) in [5.41, 5.74) is -0.586. The van der Waals surface area contributed by atoms with Gasteiger partial charge in [0.05, 0.1) is 6.54 Å². The van der Waals surface area contributed by atoms with Crippen LogP contribution in [-0.2, 0) is 14.3 Å². The number of carbonyl (C=O) groups is 2. The van der Waals surface area contributed by atoms with Gasteiger partial charge in [-0.2, -0.15) is 0 Å². The molecule has 148 valence electrons. The fourth-order valence-corrected chi connectivity index (χ4v) is 2.24. The zero-order valence-corrected chi connectivity index (χ0v) is 16.4. The molecule has 25 heavy (non-hydrogen) atoms. The minimum Gasteiger partial charge on any atom is -0.463 e. The molecule has 2 N–H and O–H groups in total. The lowest BCUT2D eigenvalue weighted by atomic mass is 10.1. The normalized spacial score (nSPS) is 12.5. The zero-order valence-electron chi connectivity index (χ0n) is 16.4. The molecule has 0 saturated heterocycles. The molecule has 0 aromatic heterocycles. The number of carbonyl (C=O) groups excluding carboxylic acids is 2. The average Bonchev–Trinajstić information content (AvgIpc) is 2.52. The van der Waals surface area contributed by atoms with E-state index in [0.717, 1.165) is 19.3 Å². The van der Waals surface area contributed by atoms with Crippen LogP contribution in [0, 0.1) is 0 Å². The average molecular weight is 360 g/mol. The molecule has 0 radical (unpaired) electrons. The van der Waals surface area contributed by atoms with E-state index in [-0.39, 0.29) is 19.1 Å². The van der Waals surface area contributed by atoms with E-state index < -0.39 is 17.8 Å². The molecule has 0 spiro atoms. The maximum absolute atomic E-state index is 11.6. The van der Waals surface area contributed by atoms with Crippen molar-refractivity contribution in [1.29, 1.82) is 0 Å². The van der Waals surface area contributed by atoms with Crippen molar-refractivity contribution >= 4 is 12.1 Å². The van der Waals surface area contributed by atoms with Gasteiger partial charge < -0.3 is 19.9 Å². The van der Waals surface area contributed by atoms with Crippen molar-refractivity contribution < 1.29 is 24.2 Å². The van der Waals surface area contributed by atoms with Crippen LogP contribution in [0.4, 0.5) is 4.79 Å². The molecular formula is C19H37NO5. The van der Waals surface area contributed by atoms with E-state index in [1.54, 1.807) is 20.8 Å². The second-order valence-corrected chi connectivity index (χ2v) is 7.44. The summed E-state index contributed by atoms with van der Waals surface area (Å²) in [6, 6.07) is 0. The van der Waals surface area contributed by atoms with Gasteiger partial charge in [-0.25, -0.2) is 4.79 Å². The van der Waals surface area contributed by atoms with Crippen LogP contribution in [-0.4, -0.2) is 42.0 Å². The molecule has 0 aliphatic rings. The highest BCUT2D eigenvalue weighted by atomic mass is 16.6. The van der Waals surface area contributed by atoms with E-state index in [1.807, 2.05) is 0 Å². The molecule has 1 amide bonds. The lowest BCUT2D eigenvalue weighted by Gasteiger charge is -2.20. The van der Waals surface area contributed by atoms with Crippen molar-refractivity contribution in [3.63, 3.8) is 0 Å². The van der Waals surface area contributed by atoms with Gasteiger partial charge in [0.1, 0.15) is 18.3 Å². The number of aliphatic hydroxyl groups excluding tert-OH is 1. The van der Waals surface area contributed by atoms with Crippen molar-refractivity contribution in [2.24, 2.45) is 0 Å². The maximum Gasteiger partial charge on any atom is 0.407 e. The molecule has 1 atom stereocenters. The molecule has 0 aliphatic heterocycles. The van der Waals surface area contributed by atoms with Gasteiger partial charge in [-0.15, -0.1) is 0 Å². The summed E-state index contributed by atoms with van der Waals surface area (Å²) in [5, 5.41) is 12.2. The standard InChI is InChI=1S/C19H37NO5/c1-5-6-7-8-9-10-11-12-13-17(22)24-15-16(21)14-20-18(23)25-19(2,3)4/h16,21H,5-15H2,1-4H3,(H,20,23)/t16-/m0/s1. The molecule has 0 heterocycles. The Bertz CT molecular complexity index is 365. The highest BCUT2D eigenvalue weighted by molar-refractivity contribution is 5.69. The molecule has 6 heteroatoms. The van der Waals surface area contributed by atoms with Crippen LogP contribution in [0.5, 0.6) is 0 Å². The second-order valence-electron chi connectivity index (χ2n) is 7.44. The predicted molar refractivity (Wildman–Crippen MR) is 98.4 cm³/mol. The maximum atomic E-state index is 11.6. The Kier molecular flexibility index (Phi) is 13.2. The van der Waals surface area contributed by atoms with E-state index in [2.05, 4.69) is 12.2 Å². The van der Waals surface area contributed by atoms with Gasteiger partial charge in [-0.1, -0.05) is 51.9 Å². The lowest BCUT2D eigenvalue weighted by Crippen LogP contribution is -2.38. The van der Waals surface area contributed by atoms with Gasteiger partial charge in [0.15, 0.2) is 0 Å². The number of amides is 1. The minimum atomic E-state index is -0.935. The summed E-state index contributed by atoms with van der Waals surface area (Å²) in [5.74, 6) is -0.303. The summed E-state index contributed by atoms with van der Waals surface area (Å²) in [4.78, 5) is 23.0. The van der Waals surface area contributed by atoms with Gasteiger partial charge in [0.25, 0.3) is 0 Å². The number of rotatable bonds is 13. The smallest absolute Gasteiger partial charge is 0.407 e. The first-order valence-corrected chi connectivity index (χ1v) is 9.55. The van der Waals surface area contributed by atoms with Gasteiger partial charge in [0, 0.05) is 6.42 Å². The van der Waals surface area contributed by atoms with Crippen LogP contribution < -0.4 is 5.32 Å². The Balaban J connectivity index is 3.56. The van der Waals surface area contributed by atoms with Crippen LogP contribution in [0.3, 0.4) is 0 Å². The Morgan fingerprint density at radius 2 is 1.56 bits per heavy atom. The molecule has 6 nitrogen and oxygen atoms in total. The molecule has 0 aromatic carbocycles. The van der Waals surface area contributed by atoms with Crippen LogP contribution in [0.25, 0.3) is 0 Å². The van der Waals surface area contributed by atoms with Crippen LogP contribution in [0.1, 0.15) is 85.5 Å². The van der Waals surface area contributed by atoms with E-state index in [9.17, 15) is 14.7 Å². The number of nitrogens with one attached hydrogen (secondary N) is 1. The van der Waals surface area contributed by atoms with E-state index in [4.69, 9.17) is 9.47 Å². The van der Waals surface area contributed by atoms with E-state index in [0.29, 0.717) is 6.42 Å². The minimum absolute atomic E-state index is 0.0139. The van der Waals surface area contributed by atoms with Crippen LogP contribution in [0.15, 0.2) is 0 Å². The number of ether oxygens (including phenoxy) is 2. The molecular weight excluding hydrogens is 322 g/mol. The molecule has 0 unspecified atom stereocenters. The van der Waals surface area contributed by atoms with Crippen molar-refractivity contribution in [3.8, 4) is 0 Å². The predicted octanol–water partition coefficient (Wildman–Crippen LogP) is 3.95. The summed E-state index contributed by atoms with van der Waals surface area (Å²) in [7, 11) is 0. The quantitative estimate of drug-likeness (QED) is 0.384. The Hall–Kier alpha value is -1.30. The fraction of sp³-hybridized carbons (Fsp3) is 0.895. The zero-order chi connectivity index (χ0) is 19.1. The first kappa shape index (κ1) is 23.7. The number of alkyl carbamates (subject to hydrolysis) is 1. The summed E-state index contributed by atoms with van der Waals surface area (Å²) in [6.45, 7) is 7.35. The molecule has 0 bridgehead atoms. The van der Waals surface area contributed by atoms with Gasteiger partial charge in [-0.05, 0) is 27.2 Å². The molecule has 0 rings (SSSR count). The summed E-state index contributed by atoms with van der Waals surface area (Å²) in [6.07, 6.45) is 8.20. The highest BCUT2D eigenvalue weighted by Gasteiger charge is 2.17. The van der Waals surface area contributed by atoms with Crippen LogP contribution in [0.2, 0.25) is 0 Å². The first-order chi connectivity index (χ1) is 11.7. The Labute approximate surface area is 152 Å². The highest BCUT2D eigenvalue weighted by Crippen LogP contribution is 2.10. The van der Waals surface area contributed by atoms with Gasteiger partial charge in [0.2, 0.25) is 0 Å². The van der Waals surface area contributed by atoms with E-state index in [1.165, 1.54) is 32.1 Å². The van der Waals surface area contributed by atoms with Crippen molar-refractivity contribution in [1.82, 2.24) is 5.32 Å². The monoisotopic (exact) mass is 359 g/mol. The molecule has 0 fully saturated rings. The molecule has 0 aliphatic carbocycles. The summed E-state index contributed by atoms with van der Waals surface area (Å²) >= 11 is 0. The third-order valence-corrected chi connectivity index (χ3v) is 3.55. The number of hydrogen-bond acceptors (Lipinski definition) is 5. The Morgan fingerprint density at radius 3 is 2.12 bits per heavy atom. The summed E-state index contributed by atoms with van der Waals surface area (Å²) < 4.78 is 10.1. The first-order valence-electron chi connectivity index (χ1n) is 9.55. The third kappa shape index (κ3) is 17.3. The SMILES string of the molecule is CCCCCCCCCCC(=O)OC[C@@H](O)CNC(=O)OC(C)(C)C. The number of unbranched alkanes of at least 4 members (excludes halogenated alkanes) is 7. The van der Waals surface area contributed by atoms with E-state index >= 15 is 0 Å². The number of esters is 1. The largest absolute Gasteiger partial charge is 0.463 e. The van der Waals surface area contributed by atoms with Crippen molar-refractivity contribution in [3.05, 3.63) is 0 Å². The Morgan fingerprint density at radius 1 is 1.00 bits per heavy atom. The molecule has 0 saturated carbocycles. The topological polar surface area (TPSA) is 84.9 Å². The van der Waals surface area contributed by atoms with Crippen molar-refractivity contribution in [2.75, 3.05) is 13.2 Å². The number of hydrogen-bond donors (Lipinski definition) is 2. The van der Waals surface area contributed by atoms with Crippen molar-refractivity contribution in [2.45, 2.75) is 97.2 Å². The van der Waals surface area contributed by atoms with Crippen LogP contribution >= 0.6 is 0 Å². The number of aliphatic hydroxyl groups is 1. The fourth-order valence-electron chi connectivity index (χ4n) is 2.24. The molecule has 0 aromatic rings. The van der Waals surface area contributed by atoms with Gasteiger partial charge in [-0.3, -0.25) is 4.79 Å². The second kappa shape index (κ2) is 13.9. The third-order valence-electron chi connectivity index (χ3n) is 3.55. The lowest BCUT2D eigenvalue weighted by molar-refractivity contribution is -0.146. The van der Waals surface area contributed by atoms with Gasteiger partial charge >= 0.3 is 12.1 Å².